The fraction of sp³-hybridized carbons (Fsp3) is 0.600. The van der Waals surface area contributed by atoms with Gasteiger partial charge >= 0.3 is 0 Å². The molecule has 0 radical (unpaired) electrons. The lowest BCUT2D eigenvalue weighted by Crippen LogP contribution is -2.43. The van der Waals surface area contributed by atoms with Crippen molar-refractivity contribution in [3.8, 4) is 11.5 Å². The summed E-state index contributed by atoms with van der Waals surface area (Å²) in [7, 11) is 0. The van der Waals surface area contributed by atoms with Gasteiger partial charge in [0, 0.05) is 25.4 Å². The minimum absolute atomic E-state index is 0.0332. The maximum Gasteiger partial charge on any atom is 0.231 e. The van der Waals surface area contributed by atoms with E-state index in [1.165, 1.54) is 6.42 Å². The molecule has 1 aliphatic heterocycles. The highest BCUT2D eigenvalue weighted by Gasteiger charge is 2.28. The summed E-state index contributed by atoms with van der Waals surface area (Å²) in [5, 5.41) is 5.96. The molecule has 2 aliphatic rings. The van der Waals surface area contributed by atoms with Crippen LogP contribution >= 0.6 is 0 Å². The molecule has 1 aromatic carbocycles. The third-order valence-corrected chi connectivity index (χ3v) is 5.56. The van der Waals surface area contributed by atoms with Gasteiger partial charge in [-0.3, -0.25) is 9.59 Å². The lowest BCUT2D eigenvalue weighted by Gasteiger charge is -2.34. The van der Waals surface area contributed by atoms with Gasteiger partial charge in [-0.25, -0.2) is 0 Å². The molecule has 2 N–H and O–H groups in total. The molecule has 3 atom stereocenters. The van der Waals surface area contributed by atoms with Crippen molar-refractivity contribution >= 4 is 11.8 Å². The van der Waals surface area contributed by atoms with E-state index >= 15 is 0 Å². The Morgan fingerprint density at radius 3 is 2.69 bits per heavy atom. The van der Waals surface area contributed by atoms with E-state index in [9.17, 15) is 9.59 Å². The number of hydrogen-bond acceptors (Lipinski definition) is 4. The van der Waals surface area contributed by atoms with Crippen molar-refractivity contribution in [3.63, 3.8) is 0 Å². The molecule has 0 aromatic heterocycles. The van der Waals surface area contributed by atoms with E-state index in [0.29, 0.717) is 24.1 Å². The second-order valence-corrected chi connectivity index (χ2v) is 7.41. The third kappa shape index (κ3) is 4.68. The molecule has 6 nitrogen and oxygen atoms in total. The Morgan fingerprint density at radius 2 is 1.85 bits per heavy atom. The topological polar surface area (TPSA) is 76.7 Å². The lowest BCUT2D eigenvalue weighted by atomic mass is 9.78. The van der Waals surface area contributed by atoms with Gasteiger partial charge in [-0.05, 0) is 36.0 Å². The normalized spacial score (nSPS) is 24.2. The summed E-state index contributed by atoms with van der Waals surface area (Å²) in [4.78, 5) is 24.2. The number of fused-ring (bicyclic) bond motifs is 1. The molecule has 0 spiro atoms. The molecule has 142 valence electrons. The maximum absolute atomic E-state index is 12.1. The minimum Gasteiger partial charge on any atom is -0.454 e. The van der Waals surface area contributed by atoms with Crippen LogP contribution in [0.2, 0.25) is 0 Å². The summed E-state index contributed by atoms with van der Waals surface area (Å²) < 4.78 is 10.6. The fourth-order valence-corrected chi connectivity index (χ4v) is 3.63. The standard InChI is InChI=1S/C20H28N2O4/c1-13-4-3-5-16(14(13)2)22-20(24)9-8-19(23)21-11-15-6-7-17-18(10-15)26-12-25-17/h6-7,10,13-14,16H,3-5,8-9,11-12H2,1-2H3,(H,21,23)(H,22,24)/t13-,14+,16+/m0/s1. The van der Waals surface area contributed by atoms with Crippen molar-refractivity contribution in [3.05, 3.63) is 23.8 Å². The van der Waals surface area contributed by atoms with Gasteiger partial charge in [-0.15, -0.1) is 0 Å². The summed E-state index contributed by atoms with van der Waals surface area (Å²) in [6.07, 6.45) is 3.85. The van der Waals surface area contributed by atoms with Crippen LogP contribution in [0.4, 0.5) is 0 Å². The Hall–Kier alpha value is -2.24. The molecule has 1 fully saturated rings. The maximum atomic E-state index is 12.1. The van der Waals surface area contributed by atoms with Crippen LogP contribution in [-0.4, -0.2) is 24.6 Å². The molecule has 0 unspecified atom stereocenters. The van der Waals surface area contributed by atoms with E-state index in [2.05, 4.69) is 24.5 Å². The number of hydrogen-bond donors (Lipinski definition) is 2. The highest BCUT2D eigenvalue weighted by Crippen LogP contribution is 2.32. The van der Waals surface area contributed by atoms with Crippen LogP contribution in [0, 0.1) is 11.8 Å². The van der Waals surface area contributed by atoms with Crippen molar-refractivity contribution < 1.29 is 19.1 Å². The minimum atomic E-state index is -0.122. The summed E-state index contributed by atoms with van der Waals surface area (Å²) in [6, 6.07) is 5.83. The fourth-order valence-electron chi connectivity index (χ4n) is 3.63. The first-order valence-electron chi connectivity index (χ1n) is 9.47. The van der Waals surface area contributed by atoms with Gasteiger partial charge in [-0.2, -0.15) is 0 Å². The van der Waals surface area contributed by atoms with Gasteiger partial charge in [0.25, 0.3) is 0 Å². The van der Waals surface area contributed by atoms with Crippen LogP contribution < -0.4 is 20.1 Å². The predicted octanol–water partition coefficient (Wildman–Crippen LogP) is 2.75. The molecule has 1 heterocycles. The van der Waals surface area contributed by atoms with E-state index in [1.807, 2.05) is 18.2 Å². The molecule has 0 saturated heterocycles. The summed E-state index contributed by atoms with van der Waals surface area (Å²) in [6.45, 7) is 5.09. The molecule has 0 bridgehead atoms. The SMILES string of the molecule is C[C@@H]1[C@@H](C)CCC[C@H]1NC(=O)CCC(=O)NCc1ccc2c(c1)OCO2. The summed E-state index contributed by atoms with van der Waals surface area (Å²) in [5.74, 6) is 2.40. The van der Waals surface area contributed by atoms with Gasteiger partial charge in [0.05, 0.1) is 0 Å². The van der Waals surface area contributed by atoms with Gasteiger partial charge in [0.15, 0.2) is 11.5 Å². The Balaban J connectivity index is 1.37. The Bertz CT molecular complexity index is 661. The predicted molar refractivity (Wildman–Crippen MR) is 97.8 cm³/mol. The Morgan fingerprint density at radius 1 is 1.08 bits per heavy atom. The molecule has 1 aliphatic carbocycles. The highest BCUT2D eigenvalue weighted by atomic mass is 16.7. The Kier molecular flexibility index (Phi) is 6.01. The molecule has 1 saturated carbocycles. The first-order valence-corrected chi connectivity index (χ1v) is 9.47. The molecule has 2 amide bonds. The highest BCUT2D eigenvalue weighted by molar-refractivity contribution is 5.83. The van der Waals surface area contributed by atoms with Crippen LogP contribution in [0.25, 0.3) is 0 Å². The monoisotopic (exact) mass is 360 g/mol. The summed E-state index contributed by atoms with van der Waals surface area (Å²) >= 11 is 0. The van der Waals surface area contributed by atoms with Crippen molar-refractivity contribution in [1.82, 2.24) is 10.6 Å². The van der Waals surface area contributed by atoms with E-state index in [-0.39, 0.29) is 37.5 Å². The number of carbonyl (C=O) groups excluding carboxylic acids is 2. The summed E-state index contributed by atoms with van der Waals surface area (Å²) in [5.41, 5.74) is 0.942. The van der Waals surface area contributed by atoms with Crippen LogP contribution in [-0.2, 0) is 16.1 Å². The zero-order valence-corrected chi connectivity index (χ0v) is 15.5. The average Bonchev–Trinajstić information content (AvgIpc) is 3.10. The van der Waals surface area contributed by atoms with Crippen LogP contribution in [0.3, 0.4) is 0 Å². The molecular weight excluding hydrogens is 332 g/mol. The van der Waals surface area contributed by atoms with Crippen molar-refractivity contribution in [2.45, 2.75) is 58.5 Å². The first-order chi connectivity index (χ1) is 12.5. The third-order valence-electron chi connectivity index (χ3n) is 5.56. The van der Waals surface area contributed by atoms with Gasteiger partial charge in [0.1, 0.15) is 0 Å². The zero-order chi connectivity index (χ0) is 18.5. The van der Waals surface area contributed by atoms with Crippen LogP contribution in [0.1, 0.15) is 51.5 Å². The molecular formula is C20H28N2O4. The Labute approximate surface area is 154 Å². The van der Waals surface area contributed by atoms with Gasteiger partial charge in [-0.1, -0.05) is 32.8 Å². The number of rotatable bonds is 6. The molecule has 3 rings (SSSR count). The van der Waals surface area contributed by atoms with E-state index < -0.39 is 0 Å². The average molecular weight is 360 g/mol. The quantitative estimate of drug-likeness (QED) is 0.818. The lowest BCUT2D eigenvalue weighted by molar-refractivity contribution is -0.127. The second kappa shape index (κ2) is 8.43. The zero-order valence-electron chi connectivity index (χ0n) is 15.5. The van der Waals surface area contributed by atoms with Crippen molar-refractivity contribution in [2.24, 2.45) is 11.8 Å². The van der Waals surface area contributed by atoms with Crippen molar-refractivity contribution in [2.75, 3.05) is 6.79 Å². The van der Waals surface area contributed by atoms with Crippen LogP contribution in [0.15, 0.2) is 18.2 Å². The van der Waals surface area contributed by atoms with Crippen LogP contribution in [0.5, 0.6) is 11.5 Å². The molecule has 26 heavy (non-hydrogen) atoms. The second-order valence-electron chi connectivity index (χ2n) is 7.41. The first kappa shape index (κ1) is 18.5. The van der Waals surface area contributed by atoms with E-state index in [4.69, 9.17) is 9.47 Å². The van der Waals surface area contributed by atoms with E-state index in [1.54, 1.807) is 0 Å². The number of benzene rings is 1. The molecule has 1 aromatic rings. The van der Waals surface area contributed by atoms with E-state index in [0.717, 1.165) is 24.2 Å². The molecule has 6 heteroatoms. The number of ether oxygens (including phenoxy) is 2. The number of amides is 2. The van der Waals surface area contributed by atoms with Gasteiger partial charge < -0.3 is 20.1 Å². The smallest absolute Gasteiger partial charge is 0.231 e. The number of nitrogens with one attached hydrogen (secondary N) is 2. The number of carbonyl (C=O) groups is 2. The van der Waals surface area contributed by atoms with Crippen molar-refractivity contribution in [1.29, 1.82) is 0 Å². The largest absolute Gasteiger partial charge is 0.454 e. The van der Waals surface area contributed by atoms with Gasteiger partial charge in [0.2, 0.25) is 18.6 Å².